The predicted molar refractivity (Wildman–Crippen MR) is 65.9 cm³/mol. The van der Waals surface area contributed by atoms with E-state index in [1.54, 1.807) is 14.2 Å². The molecule has 0 N–H and O–H groups in total. The standard InChI is InChI=1S/C12H20O2S/c1-9(8-15-4)10-5-6-11(13-2)12(7-10)14-3/h7,9H,5-6,8H2,1-4H3. The Morgan fingerprint density at radius 2 is 2.07 bits per heavy atom. The van der Waals surface area contributed by atoms with E-state index >= 15 is 0 Å². The second-order valence-corrected chi connectivity index (χ2v) is 4.68. The Labute approximate surface area is 96.7 Å². The predicted octanol–water partition coefficient (Wildman–Crippen LogP) is 3.21. The van der Waals surface area contributed by atoms with Crippen LogP contribution in [0.2, 0.25) is 0 Å². The number of rotatable bonds is 5. The van der Waals surface area contributed by atoms with Crippen molar-refractivity contribution in [2.45, 2.75) is 19.8 Å². The molecule has 0 saturated heterocycles. The van der Waals surface area contributed by atoms with E-state index in [0.717, 1.165) is 24.4 Å². The largest absolute Gasteiger partial charge is 0.497 e. The molecule has 0 aromatic carbocycles. The molecule has 0 bridgehead atoms. The zero-order valence-electron chi connectivity index (χ0n) is 10.0. The van der Waals surface area contributed by atoms with Gasteiger partial charge in [-0.25, -0.2) is 0 Å². The van der Waals surface area contributed by atoms with Crippen LogP contribution in [0.3, 0.4) is 0 Å². The number of thioether (sulfide) groups is 1. The van der Waals surface area contributed by atoms with E-state index in [1.807, 2.05) is 11.8 Å². The molecular weight excluding hydrogens is 208 g/mol. The van der Waals surface area contributed by atoms with E-state index in [9.17, 15) is 0 Å². The second-order valence-electron chi connectivity index (χ2n) is 3.77. The van der Waals surface area contributed by atoms with Gasteiger partial charge >= 0.3 is 0 Å². The van der Waals surface area contributed by atoms with Gasteiger partial charge in [0.1, 0.15) is 5.76 Å². The van der Waals surface area contributed by atoms with Gasteiger partial charge in [-0.1, -0.05) is 12.5 Å². The third-order valence-electron chi connectivity index (χ3n) is 2.75. The van der Waals surface area contributed by atoms with E-state index in [0.29, 0.717) is 5.92 Å². The summed E-state index contributed by atoms with van der Waals surface area (Å²) in [6.45, 7) is 2.27. The van der Waals surface area contributed by atoms with E-state index in [2.05, 4.69) is 19.3 Å². The lowest BCUT2D eigenvalue weighted by atomic mass is 9.93. The summed E-state index contributed by atoms with van der Waals surface area (Å²) >= 11 is 1.89. The smallest absolute Gasteiger partial charge is 0.156 e. The first kappa shape index (κ1) is 12.5. The summed E-state index contributed by atoms with van der Waals surface area (Å²) in [6.07, 6.45) is 6.35. The van der Waals surface area contributed by atoms with Crippen LogP contribution in [0, 0.1) is 5.92 Å². The van der Waals surface area contributed by atoms with Gasteiger partial charge < -0.3 is 9.47 Å². The number of ether oxygens (including phenoxy) is 2. The van der Waals surface area contributed by atoms with Gasteiger partial charge in [-0.3, -0.25) is 0 Å². The average Bonchev–Trinajstić information content (AvgIpc) is 2.28. The Bertz CT molecular complexity index is 269. The lowest BCUT2D eigenvalue weighted by molar-refractivity contribution is 0.216. The molecule has 0 amide bonds. The van der Waals surface area contributed by atoms with Crippen LogP contribution in [0.1, 0.15) is 19.8 Å². The quantitative estimate of drug-likeness (QED) is 0.720. The first-order valence-corrected chi connectivity index (χ1v) is 6.62. The summed E-state index contributed by atoms with van der Waals surface area (Å²) in [5.74, 6) is 3.67. The molecule has 0 aromatic rings. The van der Waals surface area contributed by atoms with Crippen LogP contribution in [0.5, 0.6) is 0 Å². The number of methoxy groups -OCH3 is 2. The van der Waals surface area contributed by atoms with E-state index in [4.69, 9.17) is 9.47 Å². The fourth-order valence-electron chi connectivity index (χ4n) is 1.82. The van der Waals surface area contributed by atoms with Crippen LogP contribution in [-0.2, 0) is 9.47 Å². The highest BCUT2D eigenvalue weighted by Crippen LogP contribution is 2.30. The van der Waals surface area contributed by atoms with Crippen molar-refractivity contribution in [3.8, 4) is 0 Å². The van der Waals surface area contributed by atoms with E-state index < -0.39 is 0 Å². The molecule has 3 heteroatoms. The third-order valence-corrected chi connectivity index (χ3v) is 3.58. The molecule has 0 aliphatic heterocycles. The normalized spacial score (nSPS) is 18.5. The van der Waals surface area contributed by atoms with Crippen LogP contribution in [0.4, 0.5) is 0 Å². The Balaban J connectivity index is 2.77. The molecule has 0 heterocycles. The van der Waals surface area contributed by atoms with Crippen molar-refractivity contribution in [3.05, 3.63) is 23.2 Å². The van der Waals surface area contributed by atoms with Gasteiger partial charge in [0.05, 0.1) is 14.2 Å². The monoisotopic (exact) mass is 228 g/mol. The number of allylic oxidation sites excluding steroid dienone is 3. The average molecular weight is 228 g/mol. The Morgan fingerprint density at radius 3 is 2.60 bits per heavy atom. The minimum atomic E-state index is 0.628. The fourth-order valence-corrected chi connectivity index (χ4v) is 2.54. The van der Waals surface area contributed by atoms with Crippen molar-refractivity contribution in [2.75, 3.05) is 26.2 Å². The summed E-state index contributed by atoms with van der Waals surface area (Å²) in [4.78, 5) is 0. The molecule has 0 fully saturated rings. The van der Waals surface area contributed by atoms with Gasteiger partial charge in [-0.2, -0.15) is 11.8 Å². The second kappa shape index (κ2) is 6.11. The maximum absolute atomic E-state index is 5.32. The van der Waals surface area contributed by atoms with E-state index in [1.165, 1.54) is 11.3 Å². The molecule has 15 heavy (non-hydrogen) atoms. The van der Waals surface area contributed by atoms with Crippen molar-refractivity contribution >= 4 is 11.8 Å². The molecule has 1 rings (SSSR count). The van der Waals surface area contributed by atoms with Crippen molar-refractivity contribution < 1.29 is 9.47 Å². The zero-order chi connectivity index (χ0) is 11.3. The molecule has 0 spiro atoms. The van der Waals surface area contributed by atoms with Crippen LogP contribution in [-0.4, -0.2) is 26.2 Å². The van der Waals surface area contributed by atoms with Crippen LogP contribution in [0.15, 0.2) is 23.2 Å². The molecule has 0 saturated carbocycles. The highest BCUT2D eigenvalue weighted by atomic mass is 32.2. The molecule has 0 radical (unpaired) electrons. The van der Waals surface area contributed by atoms with Gasteiger partial charge in [0.25, 0.3) is 0 Å². The summed E-state index contributed by atoms with van der Waals surface area (Å²) in [7, 11) is 3.41. The Hall–Kier alpha value is -0.570. The highest BCUT2D eigenvalue weighted by Gasteiger charge is 2.18. The van der Waals surface area contributed by atoms with Crippen LogP contribution < -0.4 is 0 Å². The first-order valence-electron chi connectivity index (χ1n) is 5.23. The summed E-state index contributed by atoms with van der Waals surface area (Å²) in [5, 5.41) is 0. The Kier molecular flexibility index (Phi) is 5.09. The summed E-state index contributed by atoms with van der Waals surface area (Å²) in [5.41, 5.74) is 1.47. The van der Waals surface area contributed by atoms with Gasteiger partial charge in [-0.05, 0) is 30.4 Å². The van der Waals surface area contributed by atoms with Crippen molar-refractivity contribution in [2.24, 2.45) is 5.92 Å². The lowest BCUT2D eigenvalue weighted by Gasteiger charge is -2.22. The van der Waals surface area contributed by atoms with Crippen molar-refractivity contribution in [1.29, 1.82) is 0 Å². The Morgan fingerprint density at radius 1 is 1.33 bits per heavy atom. The van der Waals surface area contributed by atoms with Gasteiger partial charge in [-0.15, -0.1) is 0 Å². The SMILES string of the molecule is COC1=C(OC)CCC(C(C)CSC)=C1. The lowest BCUT2D eigenvalue weighted by Crippen LogP contribution is -2.09. The van der Waals surface area contributed by atoms with Gasteiger partial charge in [0.2, 0.25) is 0 Å². The minimum absolute atomic E-state index is 0.628. The molecule has 2 nitrogen and oxygen atoms in total. The third kappa shape index (κ3) is 3.20. The topological polar surface area (TPSA) is 18.5 Å². The summed E-state index contributed by atoms with van der Waals surface area (Å²) < 4.78 is 10.6. The fraction of sp³-hybridized carbons (Fsp3) is 0.667. The zero-order valence-corrected chi connectivity index (χ0v) is 10.8. The van der Waals surface area contributed by atoms with Crippen LogP contribution >= 0.6 is 11.8 Å². The molecule has 1 atom stereocenters. The molecule has 1 aliphatic carbocycles. The first-order chi connectivity index (χ1) is 7.22. The van der Waals surface area contributed by atoms with Crippen LogP contribution in [0.25, 0.3) is 0 Å². The maximum atomic E-state index is 5.32. The minimum Gasteiger partial charge on any atom is -0.497 e. The van der Waals surface area contributed by atoms with Gasteiger partial charge in [0, 0.05) is 6.42 Å². The van der Waals surface area contributed by atoms with E-state index in [-0.39, 0.29) is 0 Å². The van der Waals surface area contributed by atoms with Crippen molar-refractivity contribution in [3.63, 3.8) is 0 Å². The number of hydrogen-bond acceptors (Lipinski definition) is 3. The molecule has 1 aliphatic rings. The van der Waals surface area contributed by atoms with Crippen molar-refractivity contribution in [1.82, 2.24) is 0 Å². The molecule has 1 unspecified atom stereocenters. The molecule has 0 aromatic heterocycles. The highest BCUT2D eigenvalue weighted by molar-refractivity contribution is 7.98. The molecule has 86 valence electrons. The number of hydrogen-bond donors (Lipinski definition) is 0. The maximum Gasteiger partial charge on any atom is 0.156 e. The van der Waals surface area contributed by atoms with Gasteiger partial charge in [0.15, 0.2) is 5.76 Å². The molecular formula is C12H20O2S. The summed E-state index contributed by atoms with van der Waals surface area (Å²) in [6, 6.07) is 0.